The quantitative estimate of drug-likeness (QED) is 0.612. The maximum Gasteiger partial charge on any atom is 0.193 e. The Labute approximate surface area is 106 Å². The second-order valence-electron chi connectivity index (χ2n) is 6.36. The number of hydrogen-bond acceptors (Lipinski definition) is 3. The maximum atomic E-state index is 12.4. The number of fused-ring (bicyclic) bond motifs is 1. The SMILES string of the molecule is O=C1C2=CC3=CCCC[C@@]34CC[C@]2(C[C@H]2O[C@@H]12)O4. The molecule has 3 fully saturated rings. The first-order valence-electron chi connectivity index (χ1n) is 7.05. The van der Waals surface area contributed by atoms with E-state index in [2.05, 4.69) is 12.2 Å². The lowest BCUT2D eigenvalue weighted by molar-refractivity contribution is -0.125. The van der Waals surface area contributed by atoms with E-state index in [1.807, 2.05) is 0 Å². The fourth-order valence-electron chi connectivity index (χ4n) is 4.46. The van der Waals surface area contributed by atoms with Crippen molar-refractivity contribution < 1.29 is 14.3 Å². The second kappa shape index (κ2) is 2.81. The third-order valence-electron chi connectivity index (χ3n) is 5.43. The van der Waals surface area contributed by atoms with Gasteiger partial charge in [0.05, 0.1) is 11.7 Å². The van der Waals surface area contributed by atoms with Gasteiger partial charge < -0.3 is 9.47 Å². The van der Waals surface area contributed by atoms with Crippen LogP contribution in [0, 0.1) is 0 Å². The summed E-state index contributed by atoms with van der Waals surface area (Å²) in [6.45, 7) is 0. The number of epoxide rings is 1. The summed E-state index contributed by atoms with van der Waals surface area (Å²) in [5.41, 5.74) is 1.81. The maximum absolute atomic E-state index is 12.4. The summed E-state index contributed by atoms with van der Waals surface area (Å²) in [6, 6.07) is 0. The van der Waals surface area contributed by atoms with Crippen molar-refractivity contribution >= 4 is 5.78 Å². The van der Waals surface area contributed by atoms with Crippen LogP contribution in [0.25, 0.3) is 0 Å². The Bertz CT molecular complexity index is 532. The molecule has 5 rings (SSSR count). The highest BCUT2D eigenvalue weighted by atomic mass is 16.6. The van der Waals surface area contributed by atoms with Crippen molar-refractivity contribution in [2.45, 2.75) is 61.9 Å². The van der Waals surface area contributed by atoms with Crippen LogP contribution in [0.3, 0.4) is 0 Å². The van der Waals surface area contributed by atoms with Crippen molar-refractivity contribution in [2.75, 3.05) is 0 Å². The summed E-state index contributed by atoms with van der Waals surface area (Å²) < 4.78 is 12.0. The van der Waals surface area contributed by atoms with Gasteiger partial charge in [0.25, 0.3) is 0 Å². The predicted octanol–water partition coefficient (Wildman–Crippen LogP) is 2.06. The fraction of sp³-hybridized carbons (Fsp3) is 0.667. The monoisotopic (exact) mass is 244 g/mol. The van der Waals surface area contributed by atoms with Crippen LogP contribution < -0.4 is 0 Å². The first-order chi connectivity index (χ1) is 8.73. The van der Waals surface area contributed by atoms with Crippen molar-refractivity contribution in [1.29, 1.82) is 0 Å². The van der Waals surface area contributed by atoms with E-state index in [1.54, 1.807) is 0 Å². The number of Topliss-reactive ketones (excluding diaryl/α,β-unsaturated/α-hetero) is 1. The molecule has 2 saturated heterocycles. The van der Waals surface area contributed by atoms with Gasteiger partial charge in [0, 0.05) is 12.0 Å². The van der Waals surface area contributed by atoms with Crippen LogP contribution in [-0.4, -0.2) is 29.2 Å². The molecule has 5 aliphatic rings. The van der Waals surface area contributed by atoms with Gasteiger partial charge in [-0.1, -0.05) is 6.08 Å². The molecule has 0 N–H and O–H groups in total. The number of ketones is 1. The normalized spacial score (nSPS) is 51.9. The van der Waals surface area contributed by atoms with Crippen LogP contribution in [0.2, 0.25) is 0 Å². The number of carbonyl (C=O) groups is 1. The van der Waals surface area contributed by atoms with Crippen LogP contribution in [-0.2, 0) is 14.3 Å². The zero-order valence-corrected chi connectivity index (χ0v) is 10.3. The highest BCUT2D eigenvalue weighted by molar-refractivity contribution is 6.04. The molecule has 2 bridgehead atoms. The van der Waals surface area contributed by atoms with Gasteiger partial charge in [-0.2, -0.15) is 0 Å². The second-order valence-corrected chi connectivity index (χ2v) is 6.36. The molecule has 18 heavy (non-hydrogen) atoms. The minimum Gasteiger partial charge on any atom is -0.361 e. The zero-order chi connectivity index (χ0) is 12.0. The molecule has 2 aliphatic carbocycles. The van der Waals surface area contributed by atoms with Crippen molar-refractivity contribution in [3.63, 3.8) is 0 Å². The molecule has 4 atom stereocenters. The molecule has 3 heteroatoms. The Balaban J connectivity index is 1.71. The van der Waals surface area contributed by atoms with Crippen LogP contribution in [0.1, 0.15) is 38.5 Å². The van der Waals surface area contributed by atoms with Crippen LogP contribution in [0.15, 0.2) is 23.3 Å². The molecule has 0 aromatic rings. The zero-order valence-electron chi connectivity index (χ0n) is 10.3. The molecular weight excluding hydrogens is 228 g/mol. The Kier molecular flexibility index (Phi) is 1.55. The minimum absolute atomic E-state index is 0.0657. The Morgan fingerprint density at radius 2 is 2.11 bits per heavy atom. The number of carbonyl (C=O) groups excluding carboxylic acids is 1. The molecule has 0 amide bonds. The van der Waals surface area contributed by atoms with E-state index < -0.39 is 0 Å². The van der Waals surface area contributed by atoms with Gasteiger partial charge in [-0.3, -0.25) is 4.79 Å². The third-order valence-corrected chi connectivity index (χ3v) is 5.43. The molecule has 3 heterocycles. The molecule has 0 radical (unpaired) electrons. The van der Waals surface area contributed by atoms with Crippen molar-refractivity contribution in [3.8, 4) is 0 Å². The van der Waals surface area contributed by atoms with E-state index in [0.29, 0.717) is 0 Å². The van der Waals surface area contributed by atoms with E-state index in [1.165, 1.54) is 12.0 Å². The summed E-state index contributed by atoms with van der Waals surface area (Å²) in [5, 5.41) is 0. The van der Waals surface area contributed by atoms with Crippen molar-refractivity contribution in [3.05, 3.63) is 23.3 Å². The summed E-state index contributed by atoms with van der Waals surface area (Å²) in [7, 11) is 0. The van der Waals surface area contributed by atoms with E-state index in [9.17, 15) is 4.79 Å². The highest BCUT2D eigenvalue weighted by Crippen LogP contribution is 2.59. The van der Waals surface area contributed by atoms with Crippen LogP contribution in [0.5, 0.6) is 0 Å². The molecule has 3 nitrogen and oxygen atoms in total. The van der Waals surface area contributed by atoms with Gasteiger partial charge in [-0.15, -0.1) is 0 Å². The molecule has 94 valence electrons. The third kappa shape index (κ3) is 0.984. The van der Waals surface area contributed by atoms with Gasteiger partial charge >= 0.3 is 0 Å². The van der Waals surface area contributed by atoms with Gasteiger partial charge in [0.2, 0.25) is 0 Å². The van der Waals surface area contributed by atoms with Crippen LogP contribution in [0.4, 0.5) is 0 Å². The summed E-state index contributed by atoms with van der Waals surface area (Å²) in [6.07, 6.45) is 10.8. The van der Waals surface area contributed by atoms with Gasteiger partial charge in [0.15, 0.2) is 5.78 Å². The van der Waals surface area contributed by atoms with Gasteiger partial charge in [-0.05, 0) is 43.8 Å². The average Bonchev–Trinajstić information content (AvgIpc) is 3.08. The molecule has 0 aromatic heterocycles. The summed E-state index contributed by atoms with van der Waals surface area (Å²) in [4.78, 5) is 12.4. The highest BCUT2D eigenvalue weighted by Gasteiger charge is 2.65. The molecule has 0 unspecified atom stereocenters. The van der Waals surface area contributed by atoms with Crippen molar-refractivity contribution in [2.24, 2.45) is 0 Å². The summed E-state index contributed by atoms with van der Waals surface area (Å²) in [5.74, 6) is 0.188. The molecule has 2 spiro atoms. The standard InChI is InChI=1S/C15H16O3/c16-12-10-7-9-3-1-2-4-14(9)5-6-15(10,18-14)8-11-13(12)17-11/h3,7,11,13H,1-2,4-6,8H2/t11-,13-,14-,15-/m1/s1. The van der Waals surface area contributed by atoms with E-state index in [4.69, 9.17) is 9.47 Å². The molecular formula is C15H16O3. The first kappa shape index (κ1) is 9.93. The molecule has 0 aromatic carbocycles. The number of allylic oxidation sites excluding steroid dienone is 1. The Morgan fingerprint density at radius 3 is 3.06 bits per heavy atom. The molecule has 3 aliphatic heterocycles. The lowest BCUT2D eigenvalue weighted by Gasteiger charge is -2.44. The first-order valence-corrected chi connectivity index (χ1v) is 7.05. The minimum atomic E-state index is -0.302. The van der Waals surface area contributed by atoms with E-state index in [-0.39, 0.29) is 29.2 Å². The Hall–Kier alpha value is -0.930. The average molecular weight is 244 g/mol. The largest absolute Gasteiger partial charge is 0.361 e. The van der Waals surface area contributed by atoms with Crippen LogP contribution >= 0.6 is 0 Å². The smallest absolute Gasteiger partial charge is 0.193 e. The Morgan fingerprint density at radius 1 is 1.22 bits per heavy atom. The number of ether oxygens (including phenoxy) is 2. The topological polar surface area (TPSA) is 38.8 Å². The summed E-state index contributed by atoms with van der Waals surface area (Å²) >= 11 is 0. The lowest BCUT2D eigenvalue weighted by Crippen LogP contribution is -2.48. The number of hydrogen-bond donors (Lipinski definition) is 0. The van der Waals surface area contributed by atoms with Crippen molar-refractivity contribution in [1.82, 2.24) is 0 Å². The van der Waals surface area contributed by atoms with E-state index in [0.717, 1.165) is 37.7 Å². The lowest BCUT2D eigenvalue weighted by atomic mass is 9.76. The van der Waals surface area contributed by atoms with E-state index >= 15 is 0 Å². The van der Waals surface area contributed by atoms with Gasteiger partial charge in [-0.25, -0.2) is 0 Å². The fourth-order valence-corrected chi connectivity index (χ4v) is 4.46. The number of rotatable bonds is 0. The molecule has 1 saturated carbocycles. The van der Waals surface area contributed by atoms with Gasteiger partial charge in [0.1, 0.15) is 11.7 Å². The predicted molar refractivity (Wildman–Crippen MR) is 64.1 cm³/mol.